The van der Waals surface area contributed by atoms with Gasteiger partial charge in [0.05, 0.1) is 30.1 Å². The minimum absolute atomic E-state index is 0.327. The highest BCUT2D eigenvalue weighted by Crippen LogP contribution is 2.32. The molecule has 1 aliphatic rings. The number of piperidine rings is 1. The maximum absolute atomic E-state index is 6.12. The SMILES string of the molecule is COc1ccc(CN2CCC(COc3ccc(Cl)c(Cl)c3)(OC)CC2)cc1OCCCn1ccnc1. The summed E-state index contributed by atoms with van der Waals surface area (Å²) in [6.07, 6.45) is 8.19. The van der Waals surface area contributed by atoms with Crippen LogP contribution in [0.5, 0.6) is 17.2 Å². The highest BCUT2D eigenvalue weighted by molar-refractivity contribution is 6.42. The average molecular weight is 534 g/mol. The summed E-state index contributed by atoms with van der Waals surface area (Å²) in [6, 6.07) is 11.5. The molecule has 0 radical (unpaired) electrons. The molecule has 194 valence electrons. The number of rotatable bonds is 12. The highest BCUT2D eigenvalue weighted by Gasteiger charge is 2.35. The number of benzene rings is 2. The fourth-order valence-corrected chi connectivity index (χ4v) is 4.63. The molecule has 1 aliphatic heterocycles. The topological polar surface area (TPSA) is 58.0 Å². The fraction of sp³-hybridized carbons (Fsp3) is 0.444. The van der Waals surface area contributed by atoms with Gasteiger partial charge in [0.25, 0.3) is 0 Å². The number of hydrogen-bond donors (Lipinski definition) is 0. The molecule has 2 aromatic carbocycles. The first kappa shape index (κ1) is 26.6. The van der Waals surface area contributed by atoms with Gasteiger partial charge in [-0.1, -0.05) is 29.3 Å². The maximum atomic E-state index is 6.12. The molecule has 0 saturated carbocycles. The highest BCUT2D eigenvalue weighted by atomic mass is 35.5. The number of likely N-dealkylation sites (tertiary alicyclic amines) is 1. The van der Waals surface area contributed by atoms with Gasteiger partial charge in [-0.3, -0.25) is 4.90 Å². The van der Waals surface area contributed by atoms with Crippen LogP contribution >= 0.6 is 23.2 Å². The van der Waals surface area contributed by atoms with Gasteiger partial charge in [-0.15, -0.1) is 0 Å². The Morgan fingerprint density at radius 1 is 0.972 bits per heavy atom. The van der Waals surface area contributed by atoms with E-state index in [4.69, 9.17) is 42.1 Å². The maximum Gasteiger partial charge on any atom is 0.161 e. The van der Waals surface area contributed by atoms with Gasteiger partial charge in [0, 0.05) is 51.7 Å². The lowest BCUT2D eigenvalue weighted by atomic mass is 9.91. The normalized spacial score (nSPS) is 15.6. The quantitative estimate of drug-likeness (QED) is 0.277. The first-order chi connectivity index (χ1) is 17.5. The molecule has 36 heavy (non-hydrogen) atoms. The summed E-state index contributed by atoms with van der Waals surface area (Å²) in [4.78, 5) is 6.50. The molecule has 0 spiro atoms. The Morgan fingerprint density at radius 2 is 1.81 bits per heavy atom. The summed E-state index contributed by atoms with van der Waals surface area (Å²) in [5.41, 5.74) is 0.865. The molecule has 0 N–H and O–H groups in total. The van der Waals surface area contributed by atoms with E-state index in [0.29, 0.717) is 29.0 Å². The summed E-state index contributed by atoms with van der Waals surface area (Å²) >= 11 is 12.1. The Morgan fingerprint density at radius 3 is 2.50 bits per heavy atom. The van der Waals surface area contributed by atoms with Gasteiger partial charge in [0.2, 0.25) is 0 Å². The van der Waals surface area contributed by atoms with Crippen LogP contribution in [0.3, 0.4) is 0 Å². The average Bonchev–Trinajstić information content (AvgIpc) is 3.42. The zero-order chi connectivity index (χ0) is 25.4. The van der Waals surface area contributed by atoms with Crippen molar-refractivity contribution in [2.24, 2.45) is 0 Å². The second kappa shape index (κ2) is 12.7. The van der Waals surface area contributed by atoms with Crippen LogP contribution in [-0.2, 0) is 17.8 Å². The van der Waals surface area contributed by atoms with Gasteiger partial charge in [-0.05, 0) is 49.1 Å². The summed E-state index contributed by atoms with van der Waals surface area (Å²) < 4.78 is 25.6. The number of hydrogen-bond acceptors (Lipinski definition) is 6. The number of nitrogens with zero attached hydrogens (tertiary/aromatic N) is 3. The molecular weight excluding hydrogens is 501 g/mol. The number of halogens is 2. The number of aryl methyl sites for hydroxylation is 1. The van der Waals surface area contributed by atoms with Gasteiger partial charge in [0.15, 0.2) is 11.5 Å². The van der Waals surface area contributed by atoms with Crippen LogP contribution in [0.2, 0.25) is 10.0 Å². The van der Waals surface area contributed by atoms with E-state index < -0.39 is 0 Å². The van der Waals surface area contributed by atoms with Gasteiger partial charge in [-0.2, -0.15) is 0 Å². The first-order valence-electron chi connectivity index (χ1n) is 12.1. The molecule has 3 aromatic rings. The van der Waals surface area contributed by atoms with Crippen LogP contribution in [0.1, 0.15) is 24.8 Å². The molecule has 1 fully saturated rings. The lowest BCUT2D eigenvalue weighted by Crippen LogP contribution is -2.48. The van der Waals surface area contributed by atoms with Crippen LogP contribution in [0.25, 0.3) is 0 Å². The minimum atomic E-state index is -0.327. The molecule has 0 unspecified atom stereocenters. The zero-order valence-corrected chi connectivity index (χ0v) is 22.3. The second-order valence-electron chi connectivity index (χ2n) is 9.02. The monoisotopic (exact) mass is 533 g/mol. The van der Waals surface area contributed by atoms with Crippen LogP contribution in [0.4, 0.5) is 0 Å². The van der Waals surface area contributed by atoms with E-state index in [0.717, 1.165) is 56.9 Å². The lowest BCUT2D eigenvalue weighted by Gasteiger charge is -2.40. The smallest absolute Gasteiger partial charge is 0.161 e. The third kappa shape index (κ3) is 7.07. The van der Waals surface area contributed by atoms with E-state index in [1.165, 1.54) is 5.56 Å². The molecule has 1 aromatic heterocycles. The van der Waals surface area contributed by atoms with Gasteiger partial charge in [0.1, 0.15) is 18.0 Å². The van der Waals surface area contributed by atoms with Gasteiger partial charge < -0.3 is 23.5 Å². The van der Waals surface area contributed by atoms with E-state index in [1.807, 2.05) is 29.2 Å². The van der Waals surface area contributed by atoms with Crippen molar-refractivity contribution in [1.29, 1.82) is 0 Å². The predicted octanol–water partition coefficient (Wildman–Crippen LogP) is 5.73. The molecule has 7 nitrogen and oxygen atoms in total. The van der Waals surface area contributed by atoms with Crippen molar-refractivity contribution in [3.05, 3.63) is 70.7 Å². The van der Waals surface area contributed by atoms with Crippen LogP contribution in [0.15, 0.2) is 55.1 Å². The Balaban J connectivity index is 1.28. The van der Waals surface area contributed by atoms with Crippen LogP contribution < -0.4 is 14.2 Å². The Labute approximate surface area is 222 Å². The predicted molar refractivity (Wildman–Crippen MR) is 142 cm³/mol. The second-order valence-corrected chi connectivity index (χ2v) is 9.83. The molecule has 1 saturated heterocycles. The van der Waals surface area contributed by atoms with Gasteiger partial charge in [-0.25, -0.2) is 4.98 Å². The van der Waals surface area contributed by atoms with Crippen LogP contribution in [-0.4, -0.2) is 60.6 Å². The molecule has 0 bridgehead atoms. The number of methoxy groups -OCH3 is 2. The van der Waals surface area contributed by atoms with E-state index in [9.17, 15) is 0 Å². The van der Waals surface area contributed by atoms with Crippen molar-refractivity contribution in [3.8, 4) is 17.2 Å². The van der Waals surface area contributed by atoms with Gasteiger partial charge >= 0.3 is 0 Å². The van der Waals surface area contributed by atoms with E-state index in [1.54, 1.807) is 32.5 Å². The minimum Gasteiger partial charge on any atom is -0.493 e. The van der Waals surface area contributed by atoms with Crippen molar-refractivity contribution >= 4 is 23.2 Å². The lowest BCUT2D eigenvalue weighted by molar-refractivity contribution is -0.0839. The number of aromatic nitrogens is 2. The largest absolute Gasteiger partial charge is 0.493 e. The summed E-state index contributed by atoms with van der Waals surface area (Å²) in [7, 11) is 3.43. The third-order valence-electron chi connectivity index (χ3n) is 6.60. The number of ether oxygens (including phenoxy) is 4. The van der Waals surface area contributed by atoms with E-state index >= 15 is 0 Å². The summed E-state index contributed by atoms with van der Waals surface area (Å²) in [5.74, 6) is 2.22. The molecule has 0 atom stereocenters. The van der Waals surface area contributed by atoms with Crippen molar-refractivity contribution in [2.45, 2.75) is 38.0 Å². The van der Waals surface area contributed by atoms with E-state index in [2.05, 4.69) is 22.0 Å². The van der Waals surface area contributed by atoms with Crippen molar-refractivity contribution in [2.75, 3.05) is 40.5 Å². The third-order valence-corrected chi connectivity index (χ3v) is 7.34. The Kier molecular flexibility index (Phi) is 9.37. The standard InChI is InChI=1S/C27H33Cl2N3O4/c1-33-25-7-4-21(16-26(25)35-15-3-11-32-14-10-30-20-32)18-31-12-8-27(34-2,9-13-31)19-36-22-5-6-23(28)24(29)17-22/h4-7,10,14,16-17,20H,3,8-9,11-13,15,18-19H2,1-2H3. The van der Waals surface area contributed by atoms with Crippen LogP contribution in [0, 0.1) is 0 Å². The molecule has 9 heteroatoms. The van der Waals surface area contributed by atoms with E-state index in [-0.39, 0.29) is 5.60 Å². The molecular formula is C27H33Cl2N3O4. The Bertz CT molecular complexity index is 1100. The molecule has 2 heterocycles. The summed E-state index contributed by atoms with van der Waals surface area (Å²) in [6.45, 7) is 4.60. The van der Waals surface area contributed by atoms with Crippen molar-refractivity contribution < 1.29 is 18.9 Å². The molecule has 0 amide bonds. The molecule has 0 aliphatic carbocycles. The Hall–Kier alpha value is -2.45. The zero-order valence-electron chi connectivity index (χ0n) is 20.8. The van der Waals surface area contributed by atoms with Crippen molar-refractivity contribution in [3.63, 3.8) is 0 Å². The molecule has 4 rings (SSSR count). The summed E-state index contributed by atoms with van der Waals surface area (Å²) in [5, 5.41) is 0.997. The van der Waals surface area contributed by atoms with Crippen molar-refractivity contribution in [1.82, 2.24) is 14.5 Å². The number of imidazole rings is 1. The fourth-order valence-electron chi connectivity index (χ4n) is 4.35. The first-order valence-corrected chi connectivity index (χ1v) is 12.9.